The Kier molecular flexibility index (Phi) is 7.18. The van der Waals surface area contributed by atoms with Gasteiger partial charge in [0.15, 0.2) is 0 Å². The number of rotatable bonds is 4. The number of carbonyl (C=O) groups is 1. The molecule has 1 amide bonds. The summed E-state index contributed by atoms with van der Waals surface area (Å²) in [6, 6.07) is 7.71. The summed E-state index contributed by atoms with van der Waals surface area (Å²) in [5.74, 6) is 0.138. The van der Waals surface area contributed by atoms with Gasteiger partial charge in [-0.1, -0.05) is 29.3 Å². The fourth-order valence-corrected chi connectivity index (χ4v) is 4.52. The second-order valence-electron chi connectivity index (χ2n) is 6.35. The number of thiophene rings is 1. The number of hydrogen-bond donors (Lipinski definition) is 0. The van der Waals surface area contributed by atoms with Gasteiger partial charge in [0.05, 0.1) is 22.5 Å². The third-order valence-electron chi connectivity index (χ3n) is 4.28. The molecule has 3 rings (SSSR count). The highest BCUT2D eigenvalue weighted by Crippen LogP contribution is 2.35. The van der Waals surface area contributed by atoms with Gasteiger partial charge in [0, 0.05) is 18.0 Å². The molecule has 0 saturated heterocycles. The van der Waals surface area contributed by atoms with Crippen molar-refractivity contribution in [1.82, 2.24) is 9.80 Å². The first-order valence-corrected chi connectivity index (χ1v) is 9.53. The third-order valence-corrected chi connectivity index (χ3v) is 6.08. The van der Waals surface area contributed by atoms with Crippen molar-refractivity contribution < 1.29 is 4.79 Å². The van der Waals surface area contributed by atoms with Gasteiger partial charge in [0.2, 0.25) is 5.91 Å². The number of likely N-dealkylation sites (N-methyl/N-ethyl adjacent to an activating group) is 1. The molecule has 1 aliphatic rings. The van der Waals surface area contributed by atoms with Crippen molar-refractivity contribution in [3.8, 4) is 0 Å². The predicted molar refractivity (Wildman–Crippen MR) is 108 cm³/mol. The third kappa shape index (κ3) is 4.69. The molecular weight excluding hydrogens is 399 g/mol. The lowest BCUT2D eigenvalue weighted by Gasteiger charge is -2.37. The van der Waals surface area contributed by atoms with Gasteiger partial charge in [-0.3, -0.25) is 4.79 Å². The molecule has 1 aromatic heterocycles. The van der Waals surface area contributed by atoms with Crippen LogP contribution < -0.4 is 0 Å². The number of benzene rings is 1. The summed E-state index contributed by atoms with van der Waals surface area (Å²) < 4.78 is 0. The van der Waals surface area contributed by atoms with Gasteiger partial charge in [0.1, 0.15) is 0 Å². The minimum absolute atomic E-state index is 0. The van der Waals surface area contributed by atoms with Crippen LogP contribution in [0, 0.1) is 0 Å². The van der Waals surface area contributed by atoms with Crippen LogP contribution in [-0.4, -0.2) is 42.9 Å². The molecule has 0 saturated carbocycles. The quantitative estimate of drug-likeness (QED) is 0.716. The molecule has 2 aromatic rings. The molecule has 7 heteroatoms. The summed E-state index contributed by atoms with van der Waals surface area (Å²) >= 11 is 13.8. The molecule has 25 heavy (non-hydrogen) atoms. The molecule has 0 radical (unpaired) electrons. The van der Waals surface area contributed by atoms with E-state index >= 15 is 0 Å². The summed E-state index contributed by atoms with van der Waals surface area (Å²) in [6.07, 6.45) is 1.28. The maximum absolute atomic E-state index is 12.9. The molecule has 0 bridgehead atoms. The average molecular weight is 420 g/mol. The molecule has 0 aliphatic carbocycles. The molecule has 0 fully saturated rings. The van der Waals surface area contributed by atoms with Gasteiger partial charge in [-0.15, -0.1) is 23.7 Å². The molecule has 1 unspecified atom stereocenters. The topological polar surface area (TPSA) is 23.6 Å². The van der Waals surface area contributed by atoms with Crippen LogP contribution in [0.15, 0.2) is 29.6 Å². The van der Waals surface area contributed by atoms with Crippen molar-refractivity contribution in [3.05, 3.63) is 55.7 Å². The van der Waals surface area contributed by atoms with Crippen LogP contribution in [0.2, 0.25) is 10.0 Å². The van der Waals surface area contributed by atoms with Gasteiger partial charge in [0.25, 0.3) is 0 Å². The summed E-state index contributed by atoms with van der Waals surface area (Å²) in [6.45, 7) is 1.60. The van der Waals surface area contributed by atoms with E-state index in [1.54, 1.807) is 23.5 Å². The van der Waals surface area contributed by atoms with E-state index in [1.165, 1.54) is 10.4 Å². The predicted octanol–water partition coefficient (Wildman–Crippen LogP) is 4.71. The largest absolute Gasteiger partial charge is 0.333 e. The van der Waals surface area contributed by atoms with E-state index in [2.05, 4.69) is 16.3 Å². The summed E-state index contributed by atoms with van der Waals surface area (Å²) in [7, 11) is 4.09. The number of amides is 1. The van der Waals surface area contributed by atoms with E-state index in [4.69, 9.17) is 23.2 Å². The minimum atomic E-state index is 0. The number of hydrogen-bond acceptors (Lipinski definition) is 3. The SMILES string of the molecule is CN(C)CC1c2sccc2CCN1C(=O)Cc1ccc(Cl)c(Cl)c1.Cl. The zero-order valence-corrected chi connectivity index (χ0v) is 17.3. The maximum Gasteiger partial charge on any atom is 0.227 e. The van der Waals surface area contributed by atoms with E-state index < -0.39 is 0 Å². The Morgan fingerprint density at radius 2 is 2.04 bits per heavy atom. The minimum Gasteiger partial charge on any atom is -0.333 e. The number of halogens is 3. The fraction of sp³-hybridized carbons (Fsp3) is 0.389. The Labute approximate surface area is 168 Å². The normalized spacial score (nSPS) is 16.5. The molecule has 3 nitrogen and oxygen atoms in total. The Morgan fingerprint density at radius 3 is 2.72 bits per heavy atom. The Morgan fingerprint density at radius 1 is 1.28 bits per heavy atom. The van der Waals surface area contributed by atoms with Crippen molar-refractivity contribution >= 4 is 52.9 Å². The smallest absolute Gasteiger partial charge is 0.227 e. The summed E-state index contributed by atoms with van der Waals surface area (Å²) in [4.78, 5) is 18.4. The first-order chi connectivity index (χ1) is 11.5. The highest BCUT2D eigenvalue weighted by Gasteiger charge is 2.32. The van der Waals surface area contributed by atoms with Crippen LogP contribution in [0.1, 0.15) is 22.0 Å². The van der Waals surface area contributed by atoms with Crippen molar-refractivity contribution in [1.29, 1.82) is 0 Å². The Hall–Kier alpha value is -0.780. The van der Waals surface area contributed by atoms with Crippen LogP contribution in [0.5, 0.6) is 0 Å². The lowest BCUT2D eigenvalue weighted by molar-refractivity contribution is -0.133. The monoisotopic (exact) mass is 418 g/mol. The summed E-state index contributed by atoms with van der Waals surface area (Å²) in [5.41, 5.74) is 2.28. The summed E-state index contributed by atoms with van der Waals surface area (Å²) in [5, 5.41) is 3.13. The first-order valence-electron chi connectivity index (χ1n) is 7.90. The standard InChI is InChI=1S/C18H20Cl2N2OS.ClH/c1-21(2)11-16-18-13(6-8-24-18)5-7-22(16)17(23)10-12-3-4-14(19)15(20)9-12;/h3-4,6,8-9,16H,5,7,10-11H2,1-2H3;1H. The molecule has 0 N–H and O–H groups in total. The molecule has 2 heterocycles. The Balaban J connectivity index is 0.00000225. The van der Waals surface area contributed by atoms with Crippen molar-refractivity contribution in [2.75, 3.05) is 27.2 Å². The second kappa shape index (κ2) is 8.74. The number of nitrogens with zero attached hydrogens (tertiary/aromatic N) is 2. The number of carbonyl (C=O) groups excluding carboxylic acids is 1. The van der Waals surface area contributed by atoms with Crippen LogP contribution in [0.4, 0.5) is 0 Å². The van der Waals surface area contributed by atoms with Gasteiger partial charge in [-0.2, -0.15) is 0 Å². The van der Waals surface area contributed by atoms with Gasteiger partial charge >= 0.3 is 0 Å². The zero-order valence-electron chi connectivity index (χ0n) is 14.2. The Bertz CT molecular complexity index is 748. The zero-order chi connectivity index (χ0) is 17.3. The van der Waals surface area contributed by atoms with Crippen molar-refractivity contribution in [2.24, 2.45) is 0 Å². The van der Waals surface area contributed by atoms with E-state index in [1.807, 2.05) is 25.1 Å². The number of fused-ring (bicyclic) bond motifs is 1. The first kappa shape index (κ1) is 20.5. The molecule has 0 spiro atoms. The van der Waals surface area contributed by atoms with Crippen molar-refractivity contribution in [2.45, 2.75) is 18.9 Å². The van der Waals surface area contributed by atoms with E-state index in [0.29, 0.717) is 16.5 Å². The van der Waals surface area contributed by atoms with Crippen LogP contribution in [-0.2, 0) is 17.6 Å². The highest BCUT2D eigenvalue weighted by atomic mass is 35.5. The van der Waals surface area contributed by atoms with E-state index in [9.17, 15) is 4.79 Å². The lowest BCUT2D eigenvalue weighted by Crippen LogP contribution is -2.44. The van der Waals surface area contributed by atoms with Gasteiger partial charge in [-0.05, 0) is 55.2 Å². The second-order valence-corrected chi connectivity index (χ2v) is 8.11. The van der Waals surface area contributed by atoms with Gasteiger partial charge in [-0.25, -0.2) is 0 Å². The molecular formula is C18H21Cl3N2OS. The van der Waals surface area contributed by atoms with Gasteiger partial charge < -0.3 is 9.80 Å². The van der Waals surface area contributed by atoms with E-state index in [-0.39, 0.29) is 24.4 Å². The molecule has 1 atom stereocenters. The van der Waals surface area contributed by atoms with Crippen LogP contribution in [0.25, 0.3) is 0 Å². The molecule has 136 valence electrons. The molecule has 1 aliphatic heterocycles. The fourth-order valence-electron chi connectivity index (χ4n) is 3.14. The average Bonchev–Trinajstić information content (AvgIpc) is 2.99. The maximum atomic E-state index is 12.9. The van der Waals surface area contributed by atoms with Crippen LogP contribution in [0.3, 0.4) is 0 Å². The van der Waals surface area contributed by atoms with Crippen molar-refractivity contribution in [3.63, 3.8) is 0 Å². The highest BCUT2D eigenvalue weighted by molar-refractivity contribution is 7.10. The van der Waals surface area contributed by atoms with Crippen LogP contribution >= 0.6 is 46.9 Å². The van der Waals surface area contributed by atoms with E-state index in [0.717, 1.165) is 25.1 Å². The molecule has 1 aromatic carbocycles. The lowest BCUT2D eigenvalue weighted by atomic mass is 10.00.